The van der Waals surface area contributed by atoms with Gasteiger partial charge in [0.1, 0.15) is 11.4 Å². The van der Waals surface area contributed by atoms with Crippen LogP contribution in [0.1, 0.15) is 37.7 Å². The molecule has 0 saturated heterocycles. The summed E-state index contributed by atoms with van der Waals surface area (Å²) >= 11 is 3.44. The third-order valence-electron chi connectivity index (χ3n) is 4.15. The fraction of sp³-hybridized carbons (Fsp3) is 0.562. The van der Waals surface area contributed by atoms with Crippen molar-refractivity contribution in [1.82, 2.24) is 0 Å². The van der Waals surface area contributed by atoms with E-state index in [-0.39, 0.29) is 5.78 Å². The second-order valence-corrected chi connectivity index (χ2v) is 6.23. The minimum atomic E-state index is -0.592. The number of benzene rings is 1. The number of Topliss-reactive ketones (excluding diaryl/α,β-unsaturated/α-hetero) is 1. The predicted molar refractivity (Wildman–Crippen MR) is 82.2 cm³/mol. The van der Waals surface area contributed by atoms with Crippen molar-refractivity contribution < 1.29 is 14.3 Å². The Hall–Kier alpha value is -0.870. The van der Waals surface area contributed by atoms with Crippen LogP contribution in [0.4, 0.5) is 0 Å². The Morgan fingerprint density at radius 2 is 1.95 bits per heavy atom. The summed E-state index contributed by atoms with van der Waals surface area (Å²) in [5.41, 5.74) is 0.319. The summed E-state index contributed by atoms with van der Waals surface area (Å²) in [5.74, 6) is 0.916. The lowest BCUT2D eigenvalue weighted by molar-refractivity contribution is -0.144. The highest BCUT2D eigenvalue weighted by atomic mass is 79.9. The molecular weight excluding hydrogens is 320 g/mol. The summed E-state index contributed by atoms with van der Waals surface area (Å²) in [6.45, 7) is 0. The molecule has 20 heavy (non-hydrogen) atoms. The minimum absolute atomic E-state index is 0.163. The summed E-state index contributed by atoms with van der Waals surface area (Å²) < 4.78 is 11.9. The first-order valence-electron chi connectivity index (χ1n) is 7.02. The SMILES string of the molecule is COc1ccc(Br)cc1CC(=O)C1(OC)CCCCC1. The van der Waals surface area contributed by atoms with E-state index < -0.39 is 5.60 Å². The molecule has 1 aromatic rings. The van der Waals surface area contributed by atoms with Crippen LogP contribution in [0.15, 0.2) is 22.7 Å². The Kier molecular flexibility index (Phi) is 5.22. The molecule has 1 aliphatic carbocycles. The normalized spacial score (nSPS) is 17.8. The molecule has 4 heteroatoms. The lowest BCUT2D eigenvalue weighted by Gasteiger charge is -2.34. The monoisotopic (exact) mass is 340 g/mol. The molecule has 0 amide bonds. The van der Waals surface area contributed by atoms with Crippen LogP contribution in [0, 0.1) is 0 Å². The van der Waals surface area contributed by atoms with Gasteiger partial charge in [-0.3, -0.25) is 4.79 Å². The molecule has 0 unspecified atom stereocenters. The standard InChI is InChI=1S/C16H21BrO3/c1-19-14-7-6-13(17)10-12(14)11-15(18)16(20-2)8-4-3-5-9-16/h6-7,10H,3-5,8-9,11H2,1-2H3. The first-order valence-corrected chi connectivity index (χ1v) is 7.81. The molecule has 2 rings (SSSR count). The van der Waals surface area contributed by atoms with Gasteiger partial charge in [-0.1, -0.05) is 35.2 Å². The van der Waals surface area contributed by atoms with Gasteiger partial charge in [-0.2, -0.15) is 0 Å². The average Bonchev–Trinajstić information content (AvgIpc) is 2.48. The van der Waals surface area contributed by atoms with E-state index in [0.29, 0.717) is 6.42 Å². The number of hydrogen-bond donors (Lipinski definition) is 0. The third kappa shape index (κ3) is 3.23. The van der Waals surface area contributed by atoms with Gasteiger partial charge in [-0.05, 0) is 31.0 Å². The number of carbonyl (C=O) groups is 1. The molecular formula is C16H21BrO3. The fourth-order valence-electron chi connectivity index (χ4n) is 2.94. The van der Waals surface area contributed by atoms with Crippen LogP contribution in [0.25, 0.3) is 0 Å². The third-order valence-corrected chi connectivity index (χ3v) is 4.65. The van der Waals surface area contributed by atoms with Crippen molar-refractivity contribution >= 4 is 21.7 Å². The van der Waals surface area contributed by atoms with Crippen molar-refractivity contribution in [2.24, 2.45) is 0 Å². The van der Waals surface area contributed by atoms with Crippen LogP contribution in [-0.2, 0) is 16.0 Å². The van der Waals surface area contributed by atoms with Crippen molar-refractivity contribution in [3.8, 4) is 5.75 Å². The van der Waals surface area contributed by atoms with Crippen LogP contribution in [0.2, 0.25) is 0 Å². The highest BCUT2D eigenvalue weighted by Crippen LogP contribution is 2.34. The quantitative estimate of drug-likeness (QED) is 0.814. The van der Waals surface area contributed by atoms with E-state index in [1.807, 2.05) is 18.2 Å². The summed E-state index contributed by atoms with van der Waals surface area (Å²) in [6, 6.07) is 5.75. The average molecular weight is 341 g/mol. The molecule has 0 radical (unpaired) electrons. The van der Waals surface area contributed by atoms with E-state index >= 15 is 0 Å². The minimum Gasteiger partial charge on any atom is -0.496 e. The van der Waals surface area contributed by atoms with Gasteiger partial charge < -0.3 is 9.47 Å². The smallest absolute Gasteiger partial charge is 0.169 e. The van der Waals surface area contributed by atoms with Crippen molar-refractivity contribution in [1.29, 1.82) is 0 Å². The summed E-state index contributed by atoms with van der Waals surface area (Å²) in [7, 11) is 3.28. The van der Waals surface area contributed by atoms with E-state index in [4.69, 9.17) is 9.47 Å². The van der Waals surface area contributed by atoms with Gasteiger partial charge >= 0.3 is 0 Å². The highest BCUT2D eigenvalue weighted by Gasteiger charge is 2.39. The van der Waals surface area contributed by atoms with Crippen molar-refractivity contribution in [2.45, 2.75) is 44.1 Å². The summed E-state index contributed by atoms with van der Waals surface area (Å²) in [4.78, 5) is 12.7. The Balaban J connectivity index is 2.20. The van der Waals surface area contributed by atoms with Crippen molar-refractivity contribution in [2.75, 3.05) is 14.2 Å². The van der Waals surface area contributed by atoms with Crippen LogP contribution in [-0.4, -0.2) is 25.6 Å². The molecule has 0 atom stereocenters. The van der Waals surface area contributed by atoms with Gasteiger partial charge in [0.25, 0.3) is 0 Å². The predicted octanol–water partition coefficient (Wildman–Crippen LogP) is 3.92. The number of halogens is 1. The van der Waals surface area contributed by atoms with E-state index in [9.17, 15) is 4.79 Å². The summed E-state index contributed by atoms with van der Waals surface area (Å²) in [6.07, 6.45) is 5.34. The Morgan fingerprint density at radius 1 is 1.25 bits per heavy atom. The summed E-state index contributed by atoms with van der Waals surface area (Å²) in [5, 5.41) is 0. The maximum atomic E-state index is 12.7. The van der Waals surface area contributed by atoms with Gasteiger partial charge in [0, 0.05) is 23.6 Å². The number of methoxy groups -OCH3 is 2. The molecule has 0 heterocycles. The maximum absolute atomic E-state index is 12.7. The van der Waals surface area contributed by atoms with Gasteiger partial charge in [0.05, 0.1) is 7.11 Å². The van der Waals surface area contributed by atoms with Crippen LogP contribution in [0.5, 0.6) is 5.75 Å². The first kappa shape index (κ1) is 15.5. The molecule has 0 aliphatic heterocycles. The zero-order chi connectivity index (χ0) is 14.6. The number of hydrogen-bond acceptors (Lipinski definition) is 3. The first-order chi connectivity index (χ1) is 9.61. The van der Waals surface area contributed by atoms with E-state index in [1.54, 1.807) is 14.2 Å². The molecule has 0 aromatic heterocycles. The second-order valence-electron chi connectivity index (χ2n) is 5.32. The van der Waals surface area contributed by atoms with Crippen molar-refractivity contribution in [3.63, 3.8) is 0 Å². The molecule has 1 fully saturated rings. The number of rotatable bonds is 5. The number of ketones is 1. The maximum Gasteiger partial charge on any atom is 0.169 e. The molecule has 1 saturated carbocycles. The topological polar surface area (TPSA) is 35.5 Å². The molecule has 0 bridgehead atoms. The lowest BCUT2D eigenvalue weighted by atomic mass is 9.79. The molecule has 110 valence electrons. The molecule has 1 aromatic carbocycles. The molecule has 3 nitrogen and oxygen atoms in total. The van der Waals surface area contributed by atoms with Crippen LogP contribution >= 0.6 is 15.9 Å². The van der Waals surface area contributed by atoms with E-state index in [0.717, 1.165) is 41.5 Å². The molecule has 0 N–H and O–H groups in total. The van der Waals surface area contributed by atoms with Gasteiger partial charge in [-0.25, -0.2) is 0 Å². The Morgan fingerprint density at radius 3 is 2.55 bits per heavy atom. The zero-order valence-corrected chi connectivity index (χ0v) is 13.7. The zero-order valence-electron chi connectivity index (χ0n) is 12.1. The van der Waals surface area contributed by atoms with E-state index in [2.05, 4.69) is 15.9 Å². The van der Waals surface area contributed by atoms with Gasteiger partial charge in [0.15, 0.2) is 5.78 Å². The lowest BCUT2D eigenvalue weighted by Crippen LogP contribution is -2.43. The fourth-order valence-corrected chi connectivity index (χ4v) is 3.35. The molecule has 0 spiro atoms. The van der Waals surface area contributed by atoms with E-state index in [1.165, 1.54) is 6.42 Å². The highest BCUT2D eigenvalue weighted by molar-refractivity contribution is 9.10. The van der Waals surface area contributed by atoms with Crippen LogP contribution < -0.4 is 4.74 Å². The Bertz CT molecular complexity index is 479. The largest absolute Gasteiger partial charge is 0.496 e. The number of ether oxygens (including phenoxy) is 2. The second kappa shape index (κ2) is 6.72. The van der Waals surface area contributed by atoms with Crippen LogP contribution in [0.3, 0.4) is 0 Å². The van der Waals surface area contributed by atoms with Gasteiger partial charge in [0.2, 0.25) is 0 Å². The number of carbonyl (C=O) groups excluding carboxylic acids is 1. The van der Waals surface area contributed by atoms with Crippen molar-refractivity contribution in [3.05, 3.63) is 28.2 Å². The van der Waals surface area contributed by atoms with Gasteiger partial charge in [-0.15, -0.1) is 0 Å². The molecule has 1 aliphatic rings. The Labute approximate surface area is 128 Å².